The van der Waals surface area contributed by atoms with Crippen LogP contribution in [0.4, 0.5) is 0 Å². The van der Waals surface area contributed by atoms with Crippen LogP contribution in [0.3, 0.4) is 0 Å². The molecular weight excluding hydrogens is 134 g/mol. The first-order valence-corrected chi connectivity index (χ1v) is 4.32. The van der Waals surface area contributed by atoms with Gasteiger partial charge in [-0.15, -0.1) is 0 Å². The first-order chi connectivity index (χ1) is 5.20. The van der Waals surface area contributed by atoms with E-state index in [0.717, 1.165) is 0 Å². The van der Waals surface area contributed by atoms with E-state index in [-0.39, 0.29) is 0 Å². The number of hydrogen-bond donors (Lipinski definition) is 0. The van der Waals surface area contributed by atoms with Crippen LogP contribution in [-0.2, 0) is 0 Å². The van der Waals surface area contributed by atoms with Gasteiger partial charge in [-0.1, -0.05) is 20.1 Å². The molecule has 0 spiro atoms. The lowest BCUT2D eigenvalue weighted by molar-refractivity contribution is 0.432. The van der Waals surface area contributed by atoms with Crippen molar-refractivity contribution in [3.63, 3.8) is 0 Å². The summed E-state index contributed by atoms with van der Waals surface area (Å²) < 4.78 is 0. The van der Waals surface area contributed by atoms with Crippen molar-refractivity contribution in [1.82, 2.24) is 4.90 Å². The molecule has 0 radical (unpaired) electrons. The second kappa shape index (κ2) is 2.21. The molecule has 1 heterocycles. The van der Waals surface area contributed by atoms with Gasteiger partial charge in [-0.3, -0.25) is 4.90 Å². The van der Waals surface area contributed by atoms with Crippen LogP contribution < -0.4 is 0 Å². The van der Waals surface area contributed by atoms with E-state index >= 15 is 0 Å². The van der Waals surface area contributed by atoms with E-state index in [1.165, 1.54) is 30.7 Å². The maximum atomic E-state index is 4.09. The second-order valence-electron chi connectivity index (χ2n) is 3.74. The molecular formula is C10H15N. The monoisotopic (exact) mass is 149 g/mol. The minimum atomic E-state index is 0.637. The van der Waals surface area contributed by atoms with Crippen molar-refractivity contribution in [3.8, 4) is 0 Å². The van der Waals surface area contributed by atoms with Gasteiger partial charge in [0, 0.05) is 19.1 Å². The van der Waals surface area contributed by atoms with Gasteiger partial charge < -0.3 is 0 Å². The Hall–Kier alpha value is -0.560. The highest BCUT2D eigenvalue weighted by molar-refractivity contribution is 5.38. The van der Waals surface area contributed by atoms with E-state index in [2.05, 4.69) is 25.0 Å². The van der Waals surface area contributed by atoms with Gasteiger partial charge in [-0.2, -0.15) is 0 Å². The topological polar surface area (TPSA) is 3.01 Å². The molecule has 0 aromatic carbocycles. The maximum absolute atomic E-state index is 4.09. The molecule has 2 aliphatic rings. The van der Waals surface area contributed by atoms with Gasteiger partial charge in [0.25, 0.3) is 0 Å². The molecule has 1 saturated heterocycles. The Morgan fingerprint density at radius 1 is 1.27 bits per heavy atom. The van der Waals surface area contributed by atoms with E-state index in [4.69, 9.17) is 0 Å². The fourth-order valence-corrected chi connectivity index (χ4v) is 1.89. The minimum Gasteiger partial charge on any atom is -0.294 e. The van der Waals surface area contributed by atoms with Gasteiger partial charge in [0.05, 0.1) is 0 Å². The minimum absolute atomic E-state index is 0.637. The summed E-state index contributed by atoms with van der Waals surface area (Å²) in [5.74, 6) is 0.660. The third kappa shape index (κ3) is 1.04. The van der Waals surface area contributed by atoms with Crippen molar-refractivity contribution in [2.45, 2.75) is 19.4 Å². The summed E-state index contributed by atoms with van der Waals surface area (Å²) >= 11 is 0. The zero-order valence-corrected chi connectivity index (χ0v) is 7.14. The van der Waals surface area contributed by atoms with Gasteiger partial charge in [0.1, 0.15) is 0 Å². The number of nitrogens with zero attached hydrogens (tertiary/aromatic N) is 1. The van der Waals surface area contributed by atoms with Crippen LogP contribution >= 0.6 is 0 Å². The molecule has 0 N–H and O–H groups in total. The van der Waals surface area contributed by atoms with Gasteiger partial charge in [0.15, 0.2) is 0 Å². The lowest BCUT2D eigenvalue weighted by Crippen LogP contribution is -2.15. The smallest absolute Gasteiger partial charge is 0.0351 e. The molecule has 1 nitrogen and oxygen atoms in total. The van der Waals surface area contributed by atoms with Crippen molar-refractivity contribution in [2.75, 3.05) is 13.1 Å². The molecule has 2 fully saturated rings. The van der Waals surface area contributed by atoms with E-state index in [1.807, 2.05) is 0 Å². The molecule has 0 bridgehead atoms. The SMILES string of the molecule is C=C1C(=C)[C@@H](C)CC1N1CC1. The Bertz CT molecular complexity index is 213. The van der Waals surface area contributed by atoms with Crippen molar-refractivity contribution < 1.29 is 0 Å². The lowest BCUT2D eigenvalue weighted by Gasteiger charge is -2.10. The predicted molar refractivity (Wildman–Crippen MR) is 47.4 cm³/mol. The quantitative estimate of drug-likeness (QED) is 0.514. The third-order valence-corrected chi connectivity index (χ3v) is 2.91. The van der Waals surface area contributed by atoms with Gasteiger partial charge >= 0.3 is 0 Å². The van der Waals surface area contributed by atoms with Gasteiger partial charge in [-0.25, -0.2) is 0 Å². The van der Waals surface area contributed by atoms with Crippen LogP contribution in [0.2, 0.25) is 0 Å². The Labute approximate surface area is 68.4 Å². The van der Waals surface area contributed by atoms with Crippen molar-refractivity contribution in [3.05, 3.63) is 24.3 Å². The predicted octanol–water partition coefficient (Wildman–Crippen LogP) is 1.82. The summed E-state index contributed by atoms with van der Waals surface area (Å²) in [6.07, 6.45) is 1.25. The largest absolute Gasteiger partial charge is 0.294 e. The second-order valence-corrected chi connectivity index (χ2v) is 3.74. The molecule has 1 unspecified atom stereocenters. The molecule has 1 saturated carbocycles. The normalized spacial score (nSPS) is 38.3. The molecule has 1 aliphatic heterocycles. The van der Waals surface area contributed by atoms with Crippen LogP contribution in [0.1, 0.15) is 13.3 Å². The van der Waals surface area contributed by atoms with Crippen LogP contribution in [0, 0.1) is 5.92 Å². The summed E-state index contributed by atoms with van der Waals surface area (Å²) in [5.41, 5.74) is 2.57. The van der Waals surface area contributed by atoms with Gasteiger partial charge in [0.2, 0.25) is 0 Å². The molecule has 2 atom stereocenters. The fourth-order valence-electron chi connectivity index (χ4n) is 1.89. The van der Waals surface area contributed by atoms with Crippen LogP contribution in [0.25, 0.3) is 0 Å². The lowest BCUT2D eigenvalue weighted by atomic mass is 10.1. The van der Waals surface area contributed by atoms with E-state index in [0.29, 0.717) is 12.0 Å². The highest BCUT2D eigenvalue weighted by Crippen LogP contribution is 2.38. The van der Waals surface area contributed by atoms with E-state index in [1.54, 1.807) is 0 Å². The van der Waals surface area contributed by atoms with Crippen molar-refractivity contribution >= 4 is 0 Å². The number of rotatable bonds is 1. The zero-order valence-electron chi connectivity index (χ0n) is 7.14. The average Bonchev–Trinajstić information content (AvgIpc) is 2.76. The van der Waals surface area contributed by atoms with Crippen LogP contribution in [0.5, 0.6) is 0 Å². The number of hydrogen-bond acceptors (Lipinski definition) is 1. The first kappa shape index (κ1) is 7.11. The highest BCUT2D eigenvalue weighted by atomic mass is 15.3. The summed E-state index contributed by atoms with van der Waals surface area (Å²) in [7, 11) is 0. The average molecular weight is 149 g/mol. The van der Waals surface area contributed by atoms with E-state index in [9.17, 15) is 0 Å². The van der Waals surface area contributed by atoms with E-state index < -0.39 is 0 Å². The highest BCUT2D eigenvalue weighted by Gasteiger charge is 2.37. The fraction of sp³-hybridized carbons (Fsp3) is 0.600. The molecule has 0 aromatic rings. The molecule has 0 amide bonds. The summed E-state index contributed by atoms with van der Waals surface area (Å²) in [6, 6.07) is 0.637. The van der Waals surface area contributed by atoms with Crippen molar-refractivity contribution in [2.24, 2.45) is 5.92 Å². The summed E-state index contributed by atoms with van der Waals surface area (Å²) in [6.45, 7) is 12.9. The Balaban J connectivity index is 2.14. The molecule has 1 aliphatic carbocycles. The summed E-state index contributed by atoms with van der Waals surface area (Å²) in [5, 5.41) is 0. The van der Waals surface area contributed by atoms with Gasteiger partial charge in [-0.05, 0) is 23.5 Å². The summed E-state index contributed by atoms with van der Waals surface area (Å²) in [4.78, 5) is 2.47. The molecule has 60 valence electrons. The van der Waals surface area contributed by atoms with Crippen molar-refractivity contribution in [1.29, 1.82) is 0 Å². The Morgan fingerprint density at radius 2 is 1.91 bits per heavy atom. The van der Waals surface area contributed by atoms with Crippen LogP contribution in [0.15, 0.2) is 24.3 Å². The standard InChI is InChI=1S/C10H15N/c1-7-6-10(11-4-5-11)9(3)8(7)2/h7,10H,2-6H2,1H3/t7-,10?/m0/s1. The third-order valence-electron chi connectivity index (χ3n) is 2.91. The molecule has 2 rings (SSSR count). The molecule has 0 aromatic heterocycles. The Morgan fingerprint density at radius 3 is 2.27 bits per heavy atom. The Kier molecular flexibility index (Phi) is 1.43. The van der Waals surface area contributed by atoms with Crippen LogP contribution in [-0.4, -0.2) is 24.0 Å². The molecule has 1 heteroatoms. The maximum Gasteiger partial charge on any atom is 0.0351 e. The molecule has 11 heavy (non-hydrogen) atoms. The first-order valence-electron chi connectivity index (χ1n) is 4.32. The zero-order chi connectivity index (χ0) is 8.01.